The molecule has 3 aromatic rings. The van der Waals surface area contributed by atoms with Crippen LogP contribution in [0.1, 0.15) is 22.3 Å². The van der Waals surface area contributed by atoms with Crippen LogP contribution in [0.3, 0.4) is 0 Å². The molecule has 3 rings (SSSR count). The van der Waals surface area contributed by atoms with E-state index in [2.05, 4.69) is 54.9 Å². The zero-order chi connectivity index (χ0) is 13.9. The first-order valence-corrected chi connectivity index (χ1v) is 6.58. The summed E-state index contributed by atoms with van der Waals surface area (Å²) in [5.41, 5.74) is 5.42. The van der Waals surface area contributed by atoms with Gasteiger partial charge in [-0.05, 0) is 31.0 Å². The molecule has 0 unspecified atom stereocenters. The maximum absolute atomic E-state index is 4.55. The van der Waals surface area contributed by atoms with E-state index in [0.717, 1.165) is 16.6 Å². The van der Waals surface area contributed by atoms with Gasteiger partial charge >= 0.3 is 0 Å². The molecule has 21 heavy (non-hydrogen) atoms. The Morgan fingerprint density at radius 2 is 1.57 bits per heavy atom. The molecule has 105 valence electrons. The van der Waals surface area contributed by atoms with Crippen molar-refractivity contribution in [2.24, 2.45) is 0 Å². The molecular formula is C19H14CoN-. The van der Waals surface area contributed by atoms with Crippen molar-refractivity contribution < 1.29 is 16.8 Å². The molecule has 2 heteroatoms. The van der Waals surface area contributed by atoms with Gasteiger partial charge in [-0.2, -0.15) is 30.3 Å². The van der Waals surface area contributed by atoms with Crippen LogP contribution in [0.15, 0.2) is 48.7 Å². The number of aromatic nitrogens is 1. The van der Waals surface area contributed by atoms with Crippen molar-refractivity contribution in [1.29, 1.82) is 0 Å². The van der Waals surface area contributed by atoms with Crippen LogP contribution in [0.4, 0.5) is 0 Å². The van der Waals surface area contributed by atoms with Gasteiger partial charge in [0.2, 0.25) is 0 Å². The number of nitrogens with zero attached hydrogens (tertiary/aromatic N) is 1. The topological polar surface area (TPSA) is 12.9 Å². The standard InChI is InChI=1S/C19H14N.Co/c1-14-8-9-15(2)19-18(14)12-17(13-20-19)11-10-16-6-4-3-5-7-16;/h4-9,12-13H,1-2H3;/q-1;. The Morgan fingerprint density at radius 1 is 0.905 bits per heavy atom. The Balaban J connectivity index is 0.00000161. The van der Waals surface area contributed by atoms with Gasteiger partial charge < -0.3 is 0 Å². The van der Waals surface area contributed by atoms with Gasteiger partial charge in [-0.15, -0.1) is 0 Å². The van der Waals surface area contributed by atoms with E-state index >= 15 is 0 Å². The van der Waals surface area contributed by atoms with Crippen molar-refractivity contribution in [3.05, 3.63) is 77.0 Å². The Kier molecular flexibility index (Phi) is 4.80. The van der Waals surface area contributed by atoms with Crippen LogP contribution in [0.25, 0.3) is 10.9 Å². The third kappa shape index (κ3) is 3.33. The molecule has 0 atom stereocenters. The molecule has 0 bridgehead atoms. The number of hydrogen-bond donors (Lipinski definition) is 0. The summed E-state index contributed by atoms with van der Waals surface area (Å²) < 4.78 is 0. The Labute approximate surface area is 135 Å². The fourth-order valence-corrected chi connectivity index (χ4v) is 2.18. The van der Waals surface area contributed by atoms with Gasteiger partial charge in [0.15, 0.2) is 0 Å². The first kappa shape index (κ1) is 15.3. The van der Waals surface area contributed by atoms with Crippen LogP contribution in [-0.4, -0.2) is 4.98 Å². The summed E-state index contributed by atoms with van der Waals surface area (Å²) in [6.07, 6.45) is 1.84. The van der Waals surface area contributed by atoms with Crippen molar-refractivity contribution in [2.45, 2.75) is 13.8 Å². The second kappa shape index (κ2) is 6.58. The minimum absolute atomic E-state index is 0. The monoisotopic (exact) mass is 315 g/mol. The molecule has 0 saturated heterocycles. The van der Waals surface area contributed by atoms with Gasteiger partial charge in [-0.3, -0.25) is 4.98 Å². The predicted octanol–water partition coefficient (Wildman–Crippen LogP) is 4.05. The van der Waals surface area contributed by atoms with Gasteiger partial charge in [0.1, 0.15) is 0 Å². The van der Waals surface area contributed by atoms with Crippen LogP contribution < -0.4 is 0 Å². The maximum Gasteiger partial charge on any atom is 0.0734 e. The molecule has 1 radical (unpaired) electrons. The molecule has 0 N–H and O–H groups in total. The maximum atomic E-state index is 4.55. The first-order valence-electron chi connectivity index (χ1n) is 6.58. The SMILES string of the molecule is Cc1ccc(C)c2ncc(C#Cc3cc[c-]cc3)cc12.[Co]. The number of pyridine rings is 1. The largest absolute Gasteiger partial charge is 0.255 e. The van der Waals surface area contributed by atoms with Crippen LogP contribution in [-0.2, 0) is 16.8 Å². The number of hydrogen-bond acceptors (Lipinski definition) is 1. The summed E-state index contributed by atoms with van der Waals surface area (Å²) in [7, 11) is 0. The van der Waals surface area contributed by atoms with E-state index in [1.165, 1.54) is 16.5 Å². The van der Waals surface area contributed by atoms with E-state index in [9.17, 15) is 0 Å². The average molecular weight is 315 g/mol. The zero-order valence-electron chi connectivity index (χ0n) is 11.9. The van der Waals surface area contributed by atoms with E-state index in [0.29, 0.717) is 0 Å². The van der Waals surface area contributed by atoms with Crippen LogP contribution >= 0.6 is 0 Å². The van der Waals surface area contributed by atoms with E-state index in [4.69, 9.17) is 0 Å². The normalized spacial score (nSPS) is 9.62. The Morgan fingerprint density at radius 3 is 2.33 bits per heavy atom. The number of aryl methyl sites for hydroxylation is 2. The third-order valence-electron chi connectivity index (χ3n) is 3.34. The van der Waals surface area contributed by atoms with Crippen LogP contribution in [0.2, 0.25) is 0 Å². The van der Waals surface area contributed by atoms with E-state index in [1.54, 1.807) is 0 Å². The van der Waals surface area contributed by atoms with Gasteiger partial charge in [0, 0.05) is 33.9 Å². The molecule has 0 aliphatic rings. The Hall–Kier alpha value is -2.08. The van der Waals surface area contributed by atoms with E-state index in [-0.39, 0.29) is 16.8 Å². The van der Waals surface area contributed by atoms with Crippen molar-refractivity contribution >= 4 is 10.9 Å². The summed E-state index contributed by atoms with van der Waals surface area (Å²) in [6, 6.07) is 17.0. The zero-order valence-corrected chi connectivity index (χ0v) is 12.9. The number of benzene rings is 2. The molecular weight excluding hydrogens is 301 g/mol. The molecule has 0 saturated carbocycles. The van der Waals surface area contributed by atoms with Crippen molar-refractivity contribution in [2.75, 3.05) is 0 Å². The van der Waals surface area contributed by atoms with Crippen molar-refractivity contribution in [1.82, 2.24) is 4.98 Å². The number of rotatable bonds is 0. The number of fused-ring (bicyclic) bond motifs is 1. The third-order valence-corrected chi connectivity index (χ3v) is 3.34. The van der Waals surface area contributed by atoms with Crippen molar-refractivity contribution in [3.8, 4) is 11.8 Å². The molecule has 1 heterocycles. The minimum Gasteiger partial charge on any atom is -0.255 e. The summed E-state index contributed by atoms with van der Waals surface area (Å²) >= 11 is 0. The minimum atomic E-state index is 0. The predicted molar refractivity (Wildman–Crippen MR) is 82.5 cm³/mol. The fourth-order valence-electron chi connectivity index (χ4n) is 2.18. The molecule has 2 aromatic carbocycles. The summed E-state index contributed by atoms with van der Waals surface area (Å²) in [6.45, 7) is 4.19. The molecule has 0 aliphatic heterocycles. The fraction of sp³-hybridized carbons (Fsp3) is 0.105. The summed E-state index contributed by atoms with van der Waals surface area (Å²) in [4.78, 5) is 4.55. The van der Waals surface area contributed by atoms with Gasteiger partial charge in [-0.1, -0.05) is 29.5 Å². The van der Waals surface area contributed by atoms with Crippen LogP contribution in [0, 0.1) is 31.8 Å². The van der Waals surface area contributed by atoms with E-state index < -0.39 is 0 Å². The average Bonchev–Trinajstić information content (AvgIpc) is 2.50. The van der Waals surface area contributed by atoms with E-state index in [1.807, 2.05) is 30.5 Å². The van der Waals surface area contributed by atoms with Gasteiger partial charge in [0.25, 0.3) is 0 Å². The van der Waals surface area contributed by atoms with Crippen molar-refractivity contribution in [3.63, 3.8) is 0 Å². The molecule has 1 aromatic heterocycles. The quantitative estimate of drug-likeness (QED) is 0.450. The molecule has 0 spiro atoms. The summed E-state index contributed by atoms with van der Waals surface area (Å²) in [5.74, 6) is 6.32. The van der Waals surface area contributed by atoms with Gasteiger partial charge in [0.05, 0.1) is 5.52 Å². The smallest absolute Gasteiger partial charge is 0.0734 e. The molecule has 0 amide bonds. The molecule has 0 fully saturated rings. The first-order chi connectivity index (χ1) is 9.74. The second-order valence-electron chi connectivity index (χ2n) is 4.86. The van der Waals surface area contributed by atoms with Crippen LogP contribution in [0.5, 0.6) is 0 Å². The summed E-state index contributed by atoms with van der Waals surface area (Å²) in [5, 5.41) is 1.18. The Bertz CT molecular complexity index is 827. The molecule has 0 aliphatic carbocycles. The second-order valence-corrected chi connectivity index (χ2v) is 4.86. The van der Waals surface area contributed by atoms with Gasteiger partial charge in [-0.25, -0.2) is 0 Å². The molecule has 1 nitrogen and oxygen atoms in total.